The van der Waals surface area contributed by atoms with E-state index in [4.69, 9.17) is 15.6 Å². The van der Waals surface area contributed by atoms with Crippen LogP contribution >= 0.6 is 12.4 Å². The monoisotopic (exact) mass is 167 g/mol. The summed E-state index contributed by atoms with van der Waals surface area (Å²) in [6.07, 6.45) is 1.75. The molecule has 0 spiro atoms. The molecule has 0 aromatic rings. The minimum absolute atomic E-state index is 0. The minimum atomic E-state index is -0.118. The molecular formula is C6H14ClNO2. The summed E-state index contributed by atoms with van der Waals surface area (Å²) in [5, 5.41) is 8.81. The van der Waals surface area contributed by atoms with Gasteiger partial charge < -0.3 is 15.6 Å². The largest absolute Gasteiger partial charge is 0.393 e. The highest BCUT2D eigenvalue weighted by atomic mass is 35.5. The van der Waals surface area contributed by atoms with Crippen molar-refractivity contribution < 1.29 is 9.84 Å². The summed E-state index contributed by atoms with van der Waals surface area (Å²) in [4.78, 5) is 0. The lowest BCUT2D eigenvalue weighted by molar-refractivity contribution is -0.0681. The van der Waals surface area contributed by atoms with Gasteiger partial charge in [-0.05, 0) is 12.8 Å². The van der Waals surface area contributed by atoms with Crippen molar-refractivity contribution in [2.75, 3.05) is 13.2 Å². The molecule has 1 rings (SSSR count). The molecule has 0 atom stereocenters. The molecule has 3 N–H and O–H groups in total. The van der Waals surface area contributed by atoms with Gasteiger partial charge in [0.1, 0.15) is 0 Å². The van der Waals surface area contributed by atoms with Gasteiger partial charge >= 0.3 is 0 Å². The molecule has 0 aromatic heterocycles. The van der Waals surface area contributed by atoms with Crippen molar-refractivity contribution in [1.29, 1.82) is 0 Å². The average molecular weight is 168 g/mol. The molecule has 3 nitrogen and oxygen atoms in total. The van der Waals surface area contributed by atoms with Crippen LogP contribution in [-0.4, -0.2) is 30.5 Å². The first-order valence-corrected chi connectivity index (χ1v) is 3.32. The second kappa shape index (κ2) is 4.91. The molecule has 62 valence electrons. The number of ether oxygens (including phenoxy) is 1. The highest BCUT2D eigenvalue weighted by Crippen LogP contribution is 2.22. The molecule has 0 bridgehead atoms. The zero-order valence-electron chi connectivity index (χ0n) is 5.82. The van der Waals surface area contributed by atoms with E-state index in [-0.39, 0.29) is 24.6 Å². The molecular weight excluding hydrogens is 154 g/mol. The van der Waals surface area contributed by atoms with Crippen LogP contribution < -0.4 is 5.73 Å². The van der Waals surface area contributed by atoms with Gasteiger partial charge in [0, 0.05) is 6.54 Å². The molecule has 0 radical (unpaired) electrons. The normalized spacial score (nSPS) is 30.6. The topological polar surface area (TPSA) is 55.5 Å². The smallest absolute Gasteiger partial charge is 0.0625 e. The van der Waals surface area contributed by atoms with Crippen LogP contribution in [0, 0.1) is 0 Å². The number of aliphatic hydroxyl groups excluding tert-OH is 1. The molecule has 0 aliphatic heterocycles. The summed E-state index contributed by atoms with van der Waals surface area (Å²) >= 11 is 0. The number of halogens is 1. The summed E-state index contributed by atoms with van der Waals surface area (Å²) in [6.45, 7) is 1.20. The van der Waals surface area contributed by atoms with Crippen molar-refractivity contribution in [3.8, 4) is 0 Å². The van der Waals surface area contributed by atoms with Crippen molar-refractivity contribution in [3.63, 3.8) is 0 Å². The summed E-state index contributed by atoms with van der Waals surface area (Å²) < 4.78 is 5.21. The third kappa shape index (κ3) is 2.84. The first-order valence-electron chi connectivity index (χ1n) is 3.32. The van der Waals surface area contributed by atoms with Crippen LogP contribution in [0.5, 0.6) is 0 Å². The van der Waals surface area contributed by atoms with Crippen LogP contribution in [0.25, 0.3) is 0 Å². The number of aliphatic hydroxyl groups is 1. The SMILES string of the molecule is Cl.NCCOC1CC(O)C1. The van der Waals surface area contributed by atoms with Crippen LogP contribution in [0.4, 0.5) is 0 Å². The molecule has 1 aliphatic rings. The Morgan fingerprint density at radius 2 is 2.10 bits per heavy atom. The maximum Gasteiger partial charge on any atom is 0.0625 e. The third-order valence-electron chi connectivity index (χ3n) is 1.54. The van der Waals surface area contributed by atoms with Gasteiger partial charge in [0.15, 0.2) is 0 Å². The summed E-state index contributed by atoms with van der Waals surface area (Å²) in [7, 11) is 0. The van der Waals surface area contributed by atoms with Crippen molar-refractivity contribution >= 4 is 12.4 Å². The van der Waals surface area contributed by atoms with E-state index in [0.717, 1.165) is 12.8 Å². The zero-order chi connectivity index (χ0) is 6.69. The Balaban J connectivity index is 0.000000810. The third-order valence-corrected chi connectivity index (χ3v) is 1.54. The van der Waals surface area contributed by atoms with E-state index in [1.165, 1.54) is 0 Å². The Labute approximate surface area is 67.0 Å². The number of rotatable bonds is 3. The highest BCUT2D eigenvalue weighted by Gasteiger charge is 2.27. The van der Waals surface area contributed by atoms with Crippen molar-refractivity contribution in [3.05, 3.63) is 0 Å². The first-order chi connectivity index (χ1) is 4.33. The van der Waals surface area contributed by atoms with Crippen molar-refractivity contribution in [1.82, 2.24) is 0 Å². The van der Waals surface area contributed by atoms with Crippen LogP contribution in [-0.2, 0) is 4.74 Å². The van der Waals surface area contributed by atoms with Gasteiger partial charge in [-0.2, -0.15) is 0 Å². The summed E-state index contributed by atoms with van der Waals surface area (Å²) in [5.74, 6) is 0. The maximum absolute atomic E-state index is 8.81. The number of nitrogens with two attached hydrogens (primary N) is 1. The number of hydrogen-bond donors (Lipinski definition) is 2. The lowest BCUT2D eigenvalue weighted by atomic mass is 9.92. The standard InChI is InChI=1S/C6H13NO2.ClH/c7-1-2-9-6-3-5(8)4-6;/h5-6,8H,1-4,7H2;1H. The van der Waals surface area contributed by atoms with E-state index in [2.05, 4.69) is 0 Å². The quantitative estimate of drug-likeness (QED) is 0.618. The summed E-state index contributed by atoms with van der Waals surface area (Å²) in [6, 6.07) is 0. The fraction of sp³-hybridized carbons (Fsp3) is 1.00. The molecule has 0 aromatic carbocycles. The van der Waals surface area contributed by atoms with Crippen LogP contribution in [0.3, 0.4) is 0 Å². The lowest BCUT2D eigenvalue weighted by Crippen LogP contribution is -2.36. The molecule has 1 aliphatic carbocycles. The molecule has 4 heteroatoms. The Hall–Kier alpha value is 0.170. The van der Waals surface area contributed by atoms with Gasteiger partial charge in [-0.1, -0.05) is 0 Å². The molecule has 0 amide bonds. The Kier molecular flexibility index (Phi) is 4.99. The highest BCUT2D eigenvalue weighted by molar-refractivity contribution is 5.85. The van der Waals surface area contributed by atoms with E-state index in [1.807, 2.05) is 0 Å². The second-order valence-corrected chi connectivity index (χ2v) is 2.41. The maximum atomic E-state index is 8.81. The van der Waals surface area contributed by atoms with E-state index < -0.39 is 0 Å². The van der Waals surface area contributed by atoms with Gasteiger partial charge in [-0.15, -0.1) is 12.4 Å². The molecule has 10 heavy (non-hydrogen) atoms. The van der Waals surface area contributed by atoms with Crippen LogP contribution in [0.2, 0.25) is 0 Å². The van der Waals surface area contributed by atoms with Gasteiger partial charge in [0.2, 0.25) is 0 Å². The predicted octanol–water partition coefficient (Wildman–Crippen LogP) is -0.0932. The molecule has 0 heterocycles. The van der Waals surface area contributed by atoms with Gasteiger partial charge in [-0.25, -0.2) is 0 Å². The fourth-order valence-electron chi connectivity index (χ4n) is 0.909. The van der Waals surface area contributed by atoms with Gasteiger partial charge in [-0.3, -0.25) is 0 Å². The fourth-order valence-corrected chi connectivity index (χ4v) is 0.909. The molecule has 0 unspecified atom stereocenters. The van der Waals surface area contributed by atoms with Gasteiger partial charge in [0.25, 0.3) is 0 Å². The Bertz CT molecular complexity index is 85.8. The van der Waals surface area contributed by atoms with Crippen molar-refractivity contribution in [2.45, 2.75) is 25.0 Å². The number of hydrogen-bond acceptors (Lipinski definition) is 3. The van der Waals surface area contributed by atoms with E-state index in [1.54, 1.807) is 0 Å². The van der Waals surface area contributed by atoms with Crippen LogP contribution in [0.15, 0.2) is 0 Å². The lowest BCUT2D eigenvalue weighted by Gasteiger charge is -2.30. The molecule has 1 saturated carbocycles. The average Bonchev–Trinajstić information content (AvgIpc) is 1.78. The zero-order valence-corrected chi connectivity index (χ0v) is 6.64. The Morgan fingerprint density at radius 3 is 2.50 bits per heavy atom. The van der Waals surface area contributed by atoms with Crippen LogP contribution in [0.1, 0.15) is 12.8 Å². The predicted molar refractivity (Wildman–Crippen MR) is 41.3 cm³/mol. The van der Waals surface area contributed by atoms with E-state index >= 15 is 0 Å². The molecule has 1 fully saturated rings. The van der Waals surface area contributed by atoms with E-state index in [0.29, 0.717) is 13.2 Å². The van der Waals surface area contributed by atoms with Crippen molar-refractivity contribution in [2.24, 2.45) is 5.73 Å². The second-order valence-electron chi connectivity index (χ2n) is 2.41. The van der Waals surface area contributed by atoms with E-state index in [9.17, 15) is 0 Å². The first kappa shape index (κ1) is 10.2. The van der Waals surface area contributed by atoms with Gasteiger partial charge in [0.05, 0.1) is 18.8 Å². The summed E-state index contributed by atoms with van der Waals surface area (Å²) in [5.41, 5.74) is 5.20. The molecule has 0 saturated heterocycles. The Morgan fingerprint density at radius 1 is 1.50 bits per heavy atom. The minimum Gasteiger partial charge on any atom is -0.393 e.